The van der Waals surface area contributed by atoms with E-state index in [0.717, 1.165) is 12.2 Å². The van der Waals surface area contributed by atoms with Crippen LogP contribution in [0, 0.1) is 0 Å². The van der Waals surface area contributed by atoms with Crippen LogP contribution in [0.1, 0.15) is 0 Å². The number of aromatic nitrogens is 2. The molecule has 0 radical (unpaired) electrons. The van der Waals surface area contributed by atoms with Gasteiger partial charge in [0.05, 0.1) is 7.11 Å². The van der Waals surface area contributed by atoms with Crippen molar-refractivity contribution in [2.24, 2.45) is 0 Å². The van der Waals surface area contributed by atoms with Crippen LogP contribution >= 0.6 is 0 Å². The van der Waals surface area contributed by atoms with Crippen molar-refractivity contribution in [1.29, 1.82) is 0 Å². The van der Waals surface area contributed by atoms with Crippen LogP contribution in [0.15, 0.2) is 24.3 Å². The average molecular weight is 223 g/mol. The number of anilines is 1. The van der Waals surface area contributed by atoms with Crippen LogP contribution in [0.25, 0.3) is 0 Å². The van der Waals surface area contributed by atoms with E-state index < -0.39 is 11.9 Å². The summed E-state index contributed by atoms with van der Waals surface area (Å²) in [6, 6.07) is 3.00. The fourth-order valence-corrected chi connectivity index (χ4v) is 0.810. The normalized spacial score (nSPS) is 10.1. The fourth-order valence-electron chi connectivity index (χ4n) is 0.810. The van der Waals surface area contributed by atoms with Crippen LogP contribution in [0.5, 0.6) is 5.88 Å². The number of carboxylic acids is 1. The first-order valence-corrected chi connectivity index (χ1v) is 4.21. The van der Waals surface area contributed by atoms with E-state index in [1.807, 2.05) is 0 Å². The third-order valence-electron chi connectivity index (χ3n) is 1.48. The monoisotopic (exact) mass is 223 g/mol. The zero-order valence-electron chi connectivity index (χ0n) is 8.38. The van der Waals surface area contributed by atoms with E-state index in [4.69, 9.17) is 9.84 Å². The smallest absolute Gasteiger partial charge is 0.328 e. The van der Waals surface area contributed by atoms with Gasteiger partial charge in [-0.1, -0.05) is 0 Å². The number of carboxylic acid groups (broad SMARTS) is 1. The predicted molar refractivity (Wildman–Crippen MR) is 54.0 cm³/mol. The summed E-state index contributed by atoms with van der Waals surface area (Å²) in [5.74, 6) is -1.27. The number of carbonyl (C=O) groups is 2. The Morgan fingerprint density at radius 1 is 1.38 bits per heavy atom. The van der Waals surface area contributed by atoms with Gasteiger partial charge in [-0.25, -0.2) is 4.79 Å². The second-order valence-corrected chi connectivity index (χ2v) is 2.62. The Hall–Kier alpha value is -2.44. The topological polar surface area (TPSA) is 101 Å². The van der Waals surface area contributed by atoms with Gasteiger partial charge in [-0.05, 0) is 6.07 Å². The molecule has 0 bridgehead atoms. The zero-order valence-corrected chi connectivity index (χ0v) is 8.38. The summed E-state index contributed by atoms with van der Waals surface area (Å²) in [5.41, 5.74) is 0. The Bertz CT molecular complexity index is 413. The predicted octanol–water partition coefficient (Wildman–Crippen LogP) is 0.0645. The highest BCUT2D eigenvalue weighted by molar-refractivity contribution is 6.01. The molecule has 1 heterocycles. The van der Waals surface area contributed by atoms with Gasteiger partial charge in [0.15, 0.2) is 5.82 Å². The first kappa shape index (κ1) is 11.6. The second-order valence-electron chi connectivity index (χ2n) is 2.62. The standard InChI is InChI=1S/C9H9N3O4/c1-16-8-4-2-6(11-12-8)10-7(13)3-5-9(14)15/h2-5H,1H3,(H,14,15)(H,10,11,13)/b5-3-. The molecular formula is C9H9N3O4. The van der Waals surface area contributed by atoms with E-state index in [0.29, 0.717) is 5.88 Å². The SMILES string of the molecule is COc1ccc(NC(=O)/C=C\C(=O)O)nn1. The Balaban J connectivity index is 2.59. The Labute approximate surface area is 90.8 Å². The van der Waals surface area contributed by atoms with Gasteiger partial charge in [0, 0.05) is 18.2 Å². The number of aliphatic carboxylic acids is 1. The van der Waals surface area contributed by atoms with E-state index in [1.54, 1.807) is 0 Å². The van der Waals surface area contributed by atoms with Gasteiger partial charge in [-0.2, -0.15) is 0 Å². The molecule has 16 heavy (non-hydrogen) atoms. The van der Waals surface area contributed by atoms with Gasteiger partial charge >= 0.3 is 5.97 Å². The van der Waals surface area contributed by atoms with Crippen molar-refractivity contribution < 1.29 is 19.4 Å². The summed E-state index contributed by atoms with van der Waals surface area (Å²) in [6.45, 7) is 0. The molecule has 0 unspecified atom stereocenters. The summed E-state index contributed by atoms with van der Waals surface area (Å²) in [6.07, 6.45) is 1.61. The lowest BCUT2D eigenvalue weighted by Crippen LogP contribution is -2.10. The van der Waals surface area contributed by atoms with E-state index in [9.17, 15) is 9.59 Å². The van der Waals surface area contributed by atoms with Crippen molar-refractivity contribution in [2.45, 2.75) is 0 Å². The minimum absolute atomic E-state index is 0.209. The lowest BCUT2D eigenvalue weighted by Gasteiger charge is -2.00. The molecule has 1 aromatic rings. The number of nitrogens with one attached hydrogen (secondary N) is 1. The van der Waals surface area contributed by atoms with Gasteiger partial charge in [-0.15, -0.1) is 10.2 Å². The third kappa shape index (κ3) is 3.74. The third-order valence-corrected chi connectivity index (χ3v) is 1.48. The average Bonchev–Trinajstić information content (AvgIpc) is 2.27. The second kappa shape index (κ2) is 5.44. The van der Waals surface area contributed by atoms with Crippen LogP contribution in [0.2, 0.25) is 0 Å². The van der Waals surface area contributed by atoms with Gasteiger partial charge in [0.1, 0.15) is 0 Å². The summed E-state index contributed by atoms with van der Waals surface area (Å²) in [4.78, 5) is 21.2. The van der Waals surface area contributed by atoms with Crippen molar-refractivity contribution in [3.8, 4) is 5.88 Å². The Morgan fingerprint density at radius 3 is 2.62 bits per heavy atom. The van der Waals surface area contributed by atoms with Gasteiger partial charge in [0.2, 0.25) is 11.8 Å². The molecule has 0 atom stereocenters. The van der Waals surface area contributed by atoms with E-state index >= 15 is 0 Å². The summed E-state index contributed by atoms with van der Waals surface area (Å²) < 4.78 is 4.78. The van der Waals surface area contributed by atoms with Crippen molar-refractivity contribution in [3.63, 3.8) is 0 Å². The first-order valence-electron chi connectivity index (χ1n) is 4.21. The minimum atomic E-state index is -1.20. The number of rotatable bonds is 4. The number of amides is 1. The summed E-state index contributed by atoms with van der Waals surface area (Å²) in [7, 11) is 1.44. The summed E-state index contributed by atoms with van der Waals surface area (Å²) in [5, 5.41) is 17.9. The molecule has 0 fully saturated rings. The number of hydrogen-bond donors (Lipinski definition) is 2. The van der Waals surface area contributed by atoms with Crippen LogP contribution in [0.4, 0.5) is 5.82 Å². The van der Waals surface area contributed by atoms with Crippen LogP contribution in [0.3, 0.4) is 0 Å². The molecule has 1 aromatic heterocycles. The molecule has 0 spiro atoms. The van der Waals surface area contributed by atoms with Crippen molar-refractivity contribution >= 4 is 17.7 Å². The number of carbonyl (C=O) groups excluding carboxylic acids is 1. The van der Waals surface area contributed by atoms with E-state index in [-0.39, 0.29) is 5.82 Å². The Kier molecular flexibility index (Phi) is 3.96. The van der Waals surface area contributed by atoms with Gasteiger partial charge < -0.3 is 15.2 Å². The molecule has 0 aliphatic rings. The Morgan fingerprint density at radius 2 is 2.12 bits per heavy atom. The summed E-state index contributed by atoms with van der Waals surface area (Å²) >= 11 is 0. The molecule has 2 N–H and O–H groups in total. The minimum Gasteiger partial charge on any atom is -0.480 e. The van der Waals surface area contributed by atoms with Crippen LogP contribution < -0.4 is 10.1 Å². The molecule has 0 aliphatic carbocycles. The maximum absolute atomic E-state index is 11.1. The van der Waals surface area contributed by atoms with E-state index in [2.05, 4.69) is 15.5 Å². The first-order chi connectivity index (χ1) is 7.61. The molecule has 7 nitrogen and oxygen atoms in total. The molecule has 0 saturated heterocycles. The molecular weight excluding hydrogens is 214 g/mol. The lowest BCUT2D eigenvalue weighted by atomic mass is 10.4. The van der Waals surface area contributed by atoms with E-state index in [1.165, 1.54) is 19.2 Å². The quantitative estimate of drug-likeness (QED) is 0.700. The number of hydrogen-bond acceptors (Lipinski definition) is 5. The van der Waals surface area contributed by atoms with Gasteiger partial charge in [-0.3, -0.25) is 4.79 Å². The molecule has 1 rings (SSSR count). The molecule has 0 aliphatic heterocycles. The number of methoxy groups -OCH3 is 1. The fraction of sp³-hybridized carbons (Fsp3) is 0.111. The zero-order chi connectivity index (χ0) is 12.0. The molecule has 1 amide bonds. The number of ether oxygens (including phenoxy) is 1. The highest BCUT2D eigenvalue weighted by Crippen LogP contribution is 2.06. The lowest BCUT2D eigenvalue weighted by molar-refractivity contribution is -0.131. The molecule has 0 aromatic carbocycles. The highest BCUT2D eigenvalue weighted by atomic mass is 16.5. The van der Waals surface area contributed by atoms with Crippen LogP contribution in [-0.2, 0) is 9.59 Å². The van der Waals surface area contributed by atoms with Crippen molar-refractivity contribution in [3.05, 3.63) is 24.3 Å². The largest absolute Gasteiger partial charge is 0.480 e. The molecule has 0 saturated carbocycles. The molecule has 7 heteroatoms. The van der Waals surface area contributed by atoms with Crippen molar-refractivity contribution in [2.75, 3.05) is 12.4 Å². The van der Waals surface area contributed by atoms with Crippen LogP contribution in [-0.4, -0.2) is 34.3 Å². The number of nitrogens with zero attached hydrogens (tertiary/aromatic N) is 2. The maximum atomic E-state index is 11.1. The maximum Gasteiger partial charge on any atom is 0.328 e. The highest BCUT2D eigenvalue weighted by Gasteiger charge is 2.01. The molecule has 84 valence electrons. The van der Waals surface area contributed by atoms with Gasteiger partial charge in [0.25, 0.3) is 0 Å². The van der Waals surface area contributed by atoms with Crippen molar-refractivity contribution in [1.82, 2.24) is 10.2 Å².